The number of carbonyl (C=O) groups excluding carboxylic acids is 1. The SMILES string of the molecule is N#Cc1ccc(C#CCC(N)=O)c(Cl)c1. The Morgan fingerprint density at radius 1 is 1.53 bits per heavy atom. The van der Waals surface area contributed by atoms with Gasteiger partial charge >= 0.3 is 0 Å². The maximum atomic E-state index is 10.4. The second-order valence-electron chi connectivity index (χ2n) is 2.75. The van der Waals surface area contributed by atoms with Crippen molar-refractivity contribution in [2.75, 3.05) is 0 Å². The lowest BCUT2D eigenvalue weighted by Gasteiger charge is -1.95. The number of primary amides is 1. The molecule has 74 valence electrons. The van der Waals surface area contributed by atoms with Gasteiger partial charge in [0, 0.05) is 5.56 Å². The summed E-state index contributed by atoms with van der Waals surface area (Å²) in [5.41, 5.74) is 5.98. The van der Waals surface area contributed by atoms with E-state index in [9.17, 15) is 4.79 Å². The molecule has 0 aliphatic carbocycles. The highest BCUT2D eigenvalue weighted by atomic mass is 35.5. The third-order valence-corrected chi connectivity index (χ3v) is 1.90. The Kier molecular flexibility index (Phi) is 3.74. The number of nitriles is 1. The highest BCUT2D eigenvalue weighted by Crippen LogP contribution is 2.16. The summed E-state index contributed by atoms with van der Waals surface area (Å²) in [5.74, 6) is 4.81. The first-order valence-electron chi connectivity index (χ1n) is 4.10. The van der Waals surface area contributed by atoms with Gasteiger partial charge in [-0.1, -0.05) is 23.4 Å². The van der Waals surface area contributed by atoms with Crippen molar-refractivity contribution in [1.82, 2.24) is 0 Å². The molecule has 0 heterocycles. The summed E-state index contributed by atoms with van der Waals surface area (Å²) in [5, 5.41) is 8.99. The number of nitrogens with two attached hydrogens (primary N) is 1. The number of benzene rings is 1. The third-order valence-electron chi connectivity index (χ3n) is 1.58. The minimum absolute atomic E-state index is 0.00364. The van der Waals surface area contributed by atoms with E-state index in [4.69, 9.17) is 22.6 Å². The van der Waals surface area contributed by atoms with E-state index in [1.54, 1.807) is 12.1 Å². The molecule has 0 bridgehead atoms. The molecule has 0 saturated heterocycles. The summed E-state index contributed by atoms with van der Waals surface area (Å²) in [6, 6.07) is 6.73. The van der Waals surface area contributed by atoms with Crippen molar-refractivity contribution in [2.24, 2.45) is 5.73 Å². The van der Waals surface area contributed by atoms with Gasteiger partial charge in [0.15, 0.2) is 0 Å². The highest BCUT2D eigenvalue weighted by Gasteiger charge is 1.98. The first-order chi connectivity index (χ1) is 7.13. The fourth-order valence-electron chi connectivity index (χ4n) is 0.913. The molecule has 0 fully saturated rings. The van der Waals surface area contributed by atoms with Gasteiger partial charge in [-0.05, 0) is 18.2 Å². The van der Waals surface area contributed by atoms with Crippen LogP contribution in [0.15, 0.2) is 18.2 Å². The lowest BCUT2D eigenvalue weighted by Crippen LogP contribution is -2.08. The number of nitrogens with zero attached hydrogens (tertiary/aromatic N) is 1. The monoisotopic (exact) mass is 218 g/mol. The molecule has 1 amide bonds. The number of hydrogen-bond acceptors (Lipinski definition) is 2. The Bertz CT molecular complexity index is 492. The Morgan fingerprint density at radius 3 is 2.80 bits per heavy atom. The van der Waals surface area contributed by atoms with Gasteiger partial charge in [0.25, 0.3) is 0 Å². The molecule has 2 N–H and O–H groups in total. The van der Waals surface area contributed by atoms with Crippen molar-refractivity contribution in [3.8, 4) is 17.9 Å². The van der Waals surface area contributed by atoms with E-state index in [2.05, 4.69) is 11.8 Å². The van der Waals surface area contributed by atoms with Gasteiger partial charge in [-0.15, -0.1) is 0 Å². The van der Waals surface area contributed by atoms with Gasteiger partial charge < -0.3 is 5.73 Å². The number of rotatable bonds is 1. The second-order valence-corrected chi connectivity index (χ2v) is 3.16. The van der Waals surface area contributed by atoms with E-state index in [-0.39, 0.29) is 6.42 Å². The van der Waals surface area contributed by atoms with E-state index in [1.807, 2.05) is 6.07 Å². The van der Waals surface area contributed by atoms with Gasteiger partial charge in [-0.2, -0.15) is 5.26 Å². The minimum Gasteiger partial charge on any atom is -0.369 e. The Morgan fingerprint density at radius 2 is 2.27 bits per heavy atom. The molecule has 1 aromatic carbocycles. The largest absolute Gasteiger partial charge is 0.369 e. The number of amides is 1. The first kappa shape index (κ1) is 11.1. The van der Waals surface area contributed by atoms with Crippen LogP contribution in [0.4, 0.5) is 0 Å². The van der Waals surface area contributed by atoms with E-state index in [1.165, 1.54) is 6.07 Å². The fourth-order valence-corrected chi connectivity index (χ4v) is 1.14. The average molecular weight is 219 g/mol. The Balaban J connectivity index is 2.91. The molecule has 0 aliphatic rings. The maximum absolute atomic E-state index is 10.4. The van der Waals surface area contributed by atoms with E-state index in [0.717, 1.165) is 0 Å². The summed E-state index contributed by atoms with van der Waals surface area (Å²) in [4.78, 5) is 10.4. The van der Waals surface area contributed by atoms with Crippen LogP contribution in [0.5, 0.6) is 0 Å². The smallest absolute Gasteiger partial charge is 0.229 e. The van der Waals surface area contributed by atoms with Crippen LogP contribution < -0.4 is 5.73 Å². The molecular formula is C11H7ClN2O. The zero-order valence-corrected chi connectivity index (χ0v) is 8.51. The topological polar surface area (TPSA) is 66.9 Å². The summed E-state index contributed by atoms with van der Waals surface area (Å²) >= 11 is 5.85. The molecule has 15 heavy (non-hydrogen) atoms. The van der Waals surface area contributed by atoms with E-state index < -0.39 is 5.91 Å². The minimum atomic E-state index is -0.479. The molecule has 0 saturated carbocycles. The van der Waals surface area contributed by atoms with Crippen LogP contribution in [-0.4, -0.2) is 5.91 Å². The Hall–Kier alpha value is -1.97. The molecule has 0 aromatic heterocycles. The average Bonchev–Trinajstić information content (AvgIpc) is 2.20. The summed E-state index contributed by atoms with van der Waals surface area (Å²) in [7, 11) is 0. The summed E-state index contributed by atoms with van der Waals surface area (Å²) in [6.45, 7) is 0. The van der Waals surface area contributed by atoms with Crippen molar-refractivity contribution in [3.05, 3.63) is 34.3 Å². The zero-order chi connectivity index (χ0) is 11.3. The molecule has 1 rings (SSSR count). The van der Waals surface area contributed by atoms with Gasteiger partial charge in [0.1, 0.15) is 0 Å². The van der Waals surface area contributed by atoms with Crippen LogP contribution in [0, 0.1) is 23.2 Å². The number of hydrogen-bond donors (Lipinski definition) is 1. The van der Waals surface area contributed by atoms with Gasteiger partial charge in [-0.3, -0.25) is 4.79 Å². The normalized spacial score (nSPS) is 8.53. The van der Waals surface area contributed by atoms with Crippen molar-refractivity contribution in [2.45, 2.75) is 6.42 Å². The number of carbonyl (C=O) groups is 1. The van der Waals surface area contributed by atoms with Gasteiger partial charge in [0.2, 0.25) is 5.91 Å². The molecule has 1 aromatic rings. The number of halogens is 1. The second kappa shape index (κ2) is 5.05. The van der Waals surface area contributed by atoms with Crippen LogP contribution >= 0.6 is 11.6 Å². The molecule has 0 spiro atoms. The molecule has 0 aliphatic heterocycles. The molecule has 0 atom stereocenters. The van der Waals surface area contributed by atoms with Crippen LogP contribution in [-0.2, 0) is 4.79 Å². The summed E-state index contributed by atoms with van der Waals surface area (Å²) < 4.78 is 0. The summed E-state index contributed by atoms with van der Waals surface area (Å²) in [6.07, 6.45) is -0.00364. The van der Waals surface area contributed by atoms with Crippen LogP contribution in [0.2, 0.25) is 5.02 Å². The fraction of sp³-hybridized carbons (Fsp3) is 0.0909. The quantitative estimate of drug-likeness (QED) is 0.725. The first-order valence-corrected chi connectivity index (χ1v) is 4.48. The maximum Gasteiger partial charge on any atom is 0.229 e. The molecule has 3 nitrogen and oxygen atoms in total. The van der Waals surface area contributed by atoms with E-state index in [0.29, 0.717) is 16.1 Å². The van der Waals surface area contributed by atoms with Crippen molar-refractivity contribution in [1.29, 1.82) is 5.26 Å². The predicted molar refractivity (Wildman–Crippen MR) is 56.9 cm³/mol. The lowest BCUT2D eigenvalue weighted by molar-refractivity contribution is -0.117. The van der Waals surface area contributed by atoms with Gasteiger partial charge in [0.05, 0.1) is 23.1 Å². The van der Waals surface area contributed by atoms with Crippen molar-refractivity contribution < 1.29 is 4.79 Å². The molecule has 0 unspecified atom stereocenters. The lowest BCUT2D eigenvalue weighted by atomic mass is 10.1. The van der Waals surface area contributed by atoms with Crippen LogP contribution in [0.3, 0.4) is 0 Å². The molecule has 4 heteroatoms. The predicted octanol–water partition coefficient (Wildman–Crippen LogP) is 1.44. The molecule has 0 radical (unpaired) electrons. The van der Waals surface area contributed by atoms with Crippen LogP contribution in [0.25, 0.3) is 0 Å². The van der Waals surface area contributed by atoms with Crippen molar-refractivity contribution >= 4 is 17.5 Å². The van der Waals surface area contributed by atoms with Gasteiger partial charge in [-0.25, -0.2) is 0 Å². The van der Waals surface area contributed by atoms with Crippen molar-refractivity contribution in [3.63, 3.8) is 0 Å². The zero-order valence-electron chi connectivity index (χ0n) is 7.75. The standard InChI is InChI=1S/C11H7ClN2O/c12-10-6-8(7-13)4-5-9(10)2-1-3-11(14)15/h4-6H,3H2,(H2,14,15). The highest BCUT2D eigenvalue weighted by molar-refractivity contribution is 6.31. The van der Waals surface area contributed by atoms with Crippen LogP contribution in [0.1, 0.15) is 17.5 Å². The van der Waals surface area contributed by atoms with E-state index >= 15 is 0 Å². The third kappa shape index (κ3) is 3.34. The Labute approximate surface area is 92.5 Å². The molecular weight excluding hydrogens is 212 g/mol.